The Balaban J connectivity index is 0.000000422. The van der Waals surface area contributed by atoms with Gasteiger partial charge in [-0.25, -0.2) is 0 Å². The van der Waals surface area contributed by atoms with Crippen LogP contribution in [-0.2, 0) is 9.53 Å². The van der Waals surface area contributed by atoms with Gasteiger partial charge in [0.1, 0.15) is 0 Å². The molecular weight excluding hydrogens is 274 g/mol. The zero-order valence-electron chi connectivity index (χ0n) is 13.7. The predicted molar refractivity (Wildman–Crippen MR) is 93.1 cm³/mol. The lowest BCUT2D eigenvalue weighted by Crippen LogP contribution is -2.21. The molecule has 0 bridgehead atoms. The van der Waals surface area contributed by atoms with Gasteiger partial charge in [-0.2, -0.15) is 0 Å². The van der Waals surface area contributed by atoms with E-state index in [0.29, 0.717) is 13.1 Å². The molecule has 0 fully saturated rings. The highest BCUT2D eigenvalue weighted by Crippen LogP contribution is 2.22. The van der Waals surface area contributed by atoms with Crippen LogP contribution >= 0.6 is 0 Å². The van der Waals surface area contributed by atoms with E-state index in [1.165, 1.54) is 16.8 Å². The van der Waals surface area contributed by atoms with Gasteiger partial charge in [0, 0.05) is 18.8 Å². The minimum Gasteiger partial charge on any atom is -0.468 e. The van der Waals surface area contributed by atoms with E-state index in [9.17, 15) is 4.79 Å². The standard InChI is InChI=1S/C16H19N.C3H6O2/c1-3-17(4-2)16-12-10-15(11-13-16)14-8-6-5-7-9-14;1-2-5-3-4/h5-13H,3-4H2,1-2H3;3H,2H2,1H3. The SMILES string of the molecule is CCN(CC)c1ccc(-c2ccccc2)cc1.CCOC=O. The van der Waals surface area contributed by atoms with E-state index >= 15 is 0 Å². The smallest absolute Gasteiger partial charge is 0.293 e. The van der Waals surface area contributed by atoms with Crippen LogP contribution in [0.4, 0.5) is 5.69 Å². The van der Waals surface area contributed by atoms with Gasteiger partial charge in [0.15, 0.2) is 0 Å². The molecule has 0 amide bonds. The minimum atomic E-state index is 0.431. The molecule has 0 aliphatic carbocycles. The molecule has 0 heterocycles. The fraction of sp³-hybridized carbons (Fsp3) is 0.316. The second-order valence-corrected chi connectivity index (χ2v) is 4.64. The summed E-state index contributed by atoms with van der Waals surface area (Å²) < 4.78 is 4.15. The van der Waals surface area contributed by atoms with Crippen LogP contribution < -0.4 is 4.90 Å². The van der Waals surface area contributed by atoms with Crippen molar-refractivity contribution in [1.29, 1.82) is 0 Å². The number of ether oxygens (including phenoxy) is 1. The maximum absolute atomic E-state index is 9.18. The molecule has 0 aromatic heterocycles. The minimum absolute atomic E-state index is 0.431. The van der Waals surface area contributed by atoms with Crippen molar-refractivity contribution in [2.45, 2.75) is 20.8 Å². The molecule has 22 heavy (non-hydrogen) atoms. The topological polar surface area (TPSA) is 29.5 Å². The molecule has 0 N–H and O–H groups in total. The van der Waals surface area contributed by atoms with Crippen molar-refractivity contribution < 1.29 is 9.53 Å². The number of carbonyl (C=O) groups is 1. The Morgan fingerprint density at radius 3 is 1.82 bits per heavy atom. The molecule has 0 spiro atoms. The van der Waals surface area contributed by atoms with Crippen molar-refractivity contribution in [2.24, 2.45) is 0 Å². The summed E-state index contributed by atoms with van der Waals surface area (Å²) in [6.07, 6.45) is 0. The third-order valence-corrected chi connectivity index (χ3v) is 3.34. The van der Waals surface area contributed by atoms with Crippen LogP contribution in [0.25, 0.3) is 11.1 Å². The second-order valence-electron chi connectivity index (χ2n) is 4.64. The highest BCUT2D eigenvalue weighted by Gasteiger charge is 2.01. The molecule has 3 heteroatoms. The monoisotopic (exact) mass is 299 g/mol. The van der Waals surface area contributed by atoms with Crippen molar-refractivity contribution >= 4 is 12.2 Å². The van der Waals surface area contributed by atoms with Crippen LogP contribution in [0.1, 0.15) is 20.8 Å². The highest BCUT2D eigenvalue weighted by atomic mass is 16.5. The van der Waals surface area contributed by atoms with Crippen LogP contribution in [0.15, 0.2) is 54.6 Å². The Labute approximate surface area is 133 Å². The molecule has 2 aromatic rings. The molecular formula is C19H25NO2. The first kappa shape index (κ1) is 17.8. The van der Waals surface area contributed by atoms with Crippen LogP contribution in [0, 0.1) is 0 Å². The van der Waals surface area contributed by atoms with Gasteiger partial charge >= 0.3 is 0 Å². The van der Waals surface area contributed by atoms with Gasteiger partial charge in [0.25, 0.3) is 6.47 Å². The average molecular weight is 299 g/mol. The summed E-state index contributed by atoms with van der Waals surface area (Å²) in [6.45, 7) is 9.16. The zero-order chi connectivity index (χ0) is 16.2. The fourth-order valence-electron chi connectivity index (χ4n) is 2.15. The van der Waals surface area contributed by atoms with E-state index in [0.717, 1.165) is 13.1 Å². The number of nitrogens with zero attached hydrogens (tertiary/aromatic N) is 1. The molecule has 0 aliphatic heterocycles. The molecule has 0 aliphatic rings. The van der Waals surface area contributed by atoms with Crippen molar-refractivity contribution in [3.63, 3.8) is 0 Å². The summed E-state index contributed by atoms with van der Waals surface area (Å²) in [5.41, 5.74) is 3.86. The van der Waals surface area contributed by atoms with E-state index in [1.54, 1.807) is 6.92 Å². The van der Waals surface area contributed by atoms with E-state index in [4.69, 9.17) is 0 Å². The van der Waals surface area contributed by atoms with Crippen molar-refractivity contribution in [2.75, 3.05) is 24.6 Å². The lowest BCUT2D eigenvalue weighted by atomic mass is 10.1. The Bertz CT molecular complexity index is 519. The molecule has 0 saturated heterocycles. The fourth-order valence-corrected chi connectivity index (χ4v) is 2.15. The first-order valence-electron chi connectivity index (χ1n) is 7.72. The van der Waals surface area contributed by atoms with Crippen LogP contribution in [0.2, 0.25) is 0 Å². The van der Waals surface area contributed by atoms with Crippen LogP contribution in [-0.4, -0.2) is 26.2 Å². The summed E-state index contributed by atoms with van der Waals surface area (Å²) in [5.74, 6) is 0. The summed E-state index contributed by atoms with van der Waals surface area (Å²) in [4.78, 5) is 11.5. The molecule has 3 nitrogen and oxygen atoms in total. The summed E-state index contributed by atoms with van der Waals surface area (Å²) >= 11 is 0. The lowest BCUT2D eigenvalue weighted by Gasteiger charge is -2.21. The molecule has 0 radical (unpaired) electrons. The van der Waals surface area contributed by atoms with E-state index in [2.05, 4.69) is 72.0 Å². The van der Waals surface area contributed by atoms with Crippen LogP contribution in [0.5, 0.6) is 0 Å². The maximum atomic E-state index is 9.18. The first-order chi connectivity index (χ1) is 10.8. The van der Waals surface area contributed by atoms with E-state index in [-0.39, 0.29) is 0 Å². The Hall–Kier alpha value is -2.29. The molecule has 118 valence electrons. The van der Waals surface area contributed by atoms with Gasteiger partial charge in [-0.1, -0.05) is 42.5 Å². The lowest BCUT2D eigenvalue weighted by molar-refractivity contribution is -0.128. The summed E-state index contributed by atoms with van der Waals surface area (Å²) in [6, 6.07) is 19.3. The summed E-state index contributed by atoms with van der Waals surface area (Å²) in [7, 11) is 0. The van der Waals surface area contributed by atoms with Gasteiger partial charge in [0.05, 0.1) is 6.61 Å². The second kappa shape index (κ2) is 10.4. The highest BCUT2D eigenvalue weighted by molar-refractivity contribution is 5.66. The third-order valence-electron chi connectivity index (χ3n) is 3.34. The third kappa shape index (κ3) is 5.60. The quantitative estimate of drug-likeness (QED) is 0.741. The first-order valence-corrected chi connectivity index (χ1v) is 7.72. The number of benzene rings is 2. The number of hydrogen-bond donors (Lipinski definition) is 0. The number of carbonyl (C=O) groups excluding carboxylic acids is 1. The average Bonchev–Trinajstić information content (AvgIpc) is 2.59. The number of anilines is 1. The molecule has 2 aromatic carbocycles. The van der Waals surface area contributed by atoms with Gasteiger partial charge in [-0.3, -0.25) is 4.79 Å². The van der Waals surface area contributed by atoms with E-state index < -0.39 is 0 Å². The van der Waals surface area contributed by atoms with Crippen molar-refractivity contribution in [3.05, 3.63) is 54.6 Å². The summed E-state index contributed by atoms with van der Waals surface area (Å²) in [5, 5.41) is 0. The van der Waals surface area contributed by atoms with Gasteiger partial charge in [-0.05, 0) is 44.0 Å². The van der Waals surface area contributed by atoms with Crippen molar-refractivity contribution in [1.82, 2.24) is 0 Å². The normalized spacial score (nSPS) is 9.41. The molecule has 0 atom stereocenters. The molecule has 0 unspecified atom stereocenters. The van der Waals surface area contributed by atoms with Gasteiger partial charge in [0.2, 0.25) is 0 Å². The van der Waals surface area contributed by atoms with Crippen LogP contribution in [0.3, 0.4) is 0 Å². The largest absolute Gasteiger partial charge is 0.468 e. The number of rotatable bonds is 6. The molecule has 2 rings (SSSR count). The Morgan fingerprint density at radius 1 is 0.864 bits per heavy atom. The maximum Gasteiger partial charge on any atom is 0.293 e. The van der Waals surface area contributed by atoms with Gasteiger partial charge < -0.3 is 9.64 Å². The Kier molecular flexibility index (Phi) is 8.43. The predicted octanol–water partition coefficient (Wildman–Crippen LogP) is 4.38. The molecule has 0 saturated carbocycles. The Morgan fingerprint density at radius 2 is 1.41 bits per heavy atom. The zero-order valence-corrected chi connectivity index (χ0v) is 13.7. The number of hydrogen-bond acceptors (Lipinski definition) is 3. The van der Waals surface area contributed by atoms with E-state index in [1.807, 2.05) is 6.07 Å². The van der Waals surface area contributed by atoms with Gasteiger partial charge in [-0.15, -0.1) is 0 Å². The van der Waals surface area contributed by atoms with Crippen molar-refractivity contribution in [3.8, 4) is 11.1 Å².